The standard InChI is InChI=1S/C27H35N3O5/c1-27(2,3)35-26(34)29-22(18-20-8-5-4-6-9-20)25(33)30-17-7-10-23(30)24(32)28-16-15-19-11-13-21(31)14-12-19/h4-6,8-9,11-14,22-23,31H,7,10,15-18H2,1-3H3,(H,28,32)(H,29,34)/t22-,23+/m1/s1. The Kier molecular flexibility index (Phi) is 8.73. The van der Waals surface area contributed by atoms with Gasteiger partial charge >= 0.3 is 6.09 Å². The molecule has 8 nitrogen and oxygen atoms in total. The van der Waals surface area contributed by atoms with Crippen LogP contribution in [-0.4, -0.2) is 58.7 Å². The fraction of sp³-hybridized carbons (Fsp3) is 0.444. The summed E-state index contributed by atoms with van der Waals surface area (Å²) in [6.45, 7) is 6.17. The number of nitrogens with zero attached hydrogens (tertiary/aromatic N) is 1. The van der Waals surface area contributed by atoms with E-state index in [1.165, 1.54) is 0 Å². The van der Waals surface area contributed by atoms with Crippen molar-refractivity contribution in [3.8, 4) is 5.75 Å². The lowest BCUT2D eigenvalue weighted by Crippen LogP contribution is -2.54. The van der Waals surface area contributed by atoms with Crippen molar-refractivity contribution in [2.75, 3.05) is 13.1 Å². The van der Waals surface area contributed by atoms with Gasteiger partial charge in [-0.3, -0.25) is 9.59 Å². The SMILES string of the molecule is CC(C)(C)OC(=O)N[C@H](Cc1ccccc1)C(=O)N1CCC[C@H]1C(=O)NCCc1ccc(O)cc1. The van der Waals surface area contributed by atoms with E-state index in [0.29, 0.717) is 38.8 Å². The smallest absolute Gasteiger partial charge is 0.408 e. The molecular formula is C27H35N3O5. The molecular weight excluding hydrogens is 446 g/mol. The largest absolute Gasteiger partial charge is 0.508 e. The Morgan fingerprint density at radius 3 is 2.40 bits per heavy atom. The number of aromatic hydroxyl groups is 1. The predicted molar refractivity (Wildman–Crippen MR) is 133 cm³/mol. The first-order valence-corrected chi connectivity index (χ1v) is 12.0. The van der Waals surface area contributed by atoms with E-state index >= 15 is 0 Å². The lowest BCUT2D eigenvalue weighted by Gasteiger charge is -2.29. The average Bonchev–Trinajstić information content (AvgIpc) is 3.29. The number of ether oxygens (including phenoxy) is 1. The normalized spacial score (nSPS) is 16.4. The minimum absolute atomic E-state index is 0.197. The molecule has 0 bridgehead atoms. The Balaban J connectivity index is 1.65. The number of phenols is 1. The van der Waals surface area contributed by atoms with Gasteiger partial charge in [0.1, 0.15) is 23.4 Å². The first kappa shape index (κ1) is 26.1. The molecule has 2 atom stereocenters. The quantitative estimate of drug-likeness (QED) is 0.537. The number of rotatable bonds is 8. The summed E-state index contributed by atoms with van der Waals surface area (Å²) in [6.07, 6.45) is 1.53. The van der Waals surface area contributed by atoms with Crippen LogP contribution < -0.4 is 10.6 Å². The van der Waals surface area contributed by atoms with E-state index in [0.717, 1.165) is 11.1 Å². The molecule has 0 unspecified atom stereocenters. The number of alkyl carbamates (subject to hydrolysis) is 1. The van der Waals surface area contributed by atoms with Crippen molar-refractivity contribution in [2.45, 2.75) is 64.1 Å². The fourth-order valence-corrected chi connectivity index (χ4v) is 4.11. The molecule has 1 saturated heterocycles. The van der Waals surface area contributed by atoms with Crippen molar-refractivity contribution in [2.24, 2.45) is 0 Å². The summed E-state index contributed by atoms with van der Waals surface area (Å²) < 4.78 is 5.38. The van der Waals surface area contributed by atoms with Crippen LogP contribution in [0, 0.1) is 0 Å². The third kappa shape index (κ3) is 8.02. The topological polar surface area (TPSA) is 108 Å². The molecule has 35 heavy (non-hydrogen) atoms. The van der Waals surface area contributed by atoms with Crippen LogP contribution >= 0.6 is 0 Å². The lowest BCUT2D eigenvalue weighted by molar-refractivity contribution is -0.140. The van der Waals surface area contributed by atoms with E-state index in [2.05, 4.69) is 10.6 Å². The summed E-state index contributed by atoms with van der Waals surface area (Å²) >= 11 is 0. The second kappa shape index (κ2) is 11.7. The maximum atomic E-state index is 13.5. The minimum atomic E-state index is -0.849. The molecule has 2 aromatic carbocycles. The lowest BCUT2D eigenvalue weighted by atomic mass is 10.0. The van der Waals surface area contributed by atoms with E-state index in [1.54, 1.807) is 37.8 Å². The van der Waals surface area contributed by atoms with Gasteiger partial charge in [-0.1, -0.05) is 42.5 Å². The number of phenolic OH excluding ortho intramolecular Hbond substituents is 1. The van der Waals surface area contributed by atoms with Gasteiger partial charge in [0.2, 0.25) is 11.8 Å². The van der Waals surface area contributed by atoms with Gasteiger partial charge in [-0.05, 0) is 63.3 Å². The van der Waals surface area contributed by atoms with Crippen LogP contribution in [0.1, 0.15) is 44.7 Å². The molecule has 1 fully saturated rings. The number of carbonyl (C=O) groups is 3. The molecule has 1 aliphatic heterocycles. The molecule has 3 amide bonds. The van der Waals surface area contributed by atoms with Crippen LogP contribution in [0.5, 0.6) is 5.75 Å². The Hall–Kier alpha value is -3.55. The Morgan fingerprint density at radius 2 is 1.74 bits per heavy atom. The molecule has 3 N–H and O–H groups in total. The zero-order valence-corrected chi connectivity index (χ0v) is 20.6. The average molecular weight is 482 g/mol. The third-order valence-electron chi connectivity index (χ3n) is 5.76. The fourth-order valence-electron chi connectivity index (χ4n) is 4.11. The van der Waals surface area contributed by atoms with Crippen LogP contribution in [-0.2, 0) is 27.2 Å². The highest BCUT2D eigenvalue weighted by molar-refractivity contribution is 5.92. The maximum Gasteiger partial charge on any atom is 0.408 e. The number of carbonyl (C=O) groups excluding carboxylic acids is 3. The monoisotopic (exact) mass is 481 g/mol. The van der Waals surface area contributed by atoms with E-state index < -0.39 is 23.8 Å². The molecule has 0 aliphatic carbocycles. The molecule has 2 aromatic rings. The van der Waals surface area contributed by atoms with Gasteiger partial charge in [0.15, 0.2) is 0 Å². The highest BCUT2D eigenvalue weighted by Gasteiger charge is 2.38. The van der Waals surface area contributed by atoms with Crippen molar-refractivity contribution in [1.82, 2.24) is 15.5 Å². The molecule has 0 aromatic heterocycles. The van der Waals surface area contributed by atoms with Crippen molar-refractivity contribution < 1.29 is 24.2 Å². The maximum absolute atomic E-state index is 13.5. The van der Waals surface area contributed by atoms with Gasteiger partial charge in [-0.25, -0.2) is 4.79 Å². The number of hydrogen-bond acceptors (Lipinski definition) is 5. The van der Waals surface area contributed by atoms with Crippen molar-refractivity contribution in [3.63, 3.8) is 0 Å². The highest BCUT2D eigenvalue weighted by atomic mass is 16.6. The molecule has 8 heteroatoms. The second-order valence-corrected chi connectivity index (χ2v) is 9.79. The van der Waals surface area contributed by atoms with Gasteiger partial charge in [0, 0.05) is 19.5 Å². The molecule has 0 spiro atoms. The molecule has 1 aliphatic rings. The van der Waals surface area contributed by atoms with Crippen LogP contribution in [0.2, 0.25) is 0 Å². The first-order valence-electron chi connectivity index (χ1n) is 12.0. The Morgan fingerprint density at radius 1 is 1.06 bits per heavy atom. The number of benzene rings is 2. The van der Waals surface area contributed by atoms with E-state index in [1.807, 2.05) is 42.5 Å². The summed E-state index contributed by atoms with van der Waals surface area (Å²) in [5.41, 5.74) is 1.20. The zero-order chi connectivity index (χ0) is 25.4. The third-order valence-corrected chi connectivity index (χ3v) is 5.76. The van der Waals surface area contributed by atoms with Crippen LogP contribution in [0.25, 0.3) is 0 Å². The zero-order valence-electron chi connectivity index (χ0n) is 20.6. The van der Waals surface area contributed by atoms with Crippen LogP contribution in [0.15, 0.2) is 54.6 Å². The van der Waals surface area contributed by atoms with Crippen molar-refractivity contribution in [1.29, 1.82) is 0 Å². The molecule has 3 rings (SSSR count). The Labute approximate surface area is 206 Å². The number of amides is 3. The van der Waals surface area contributed by atoms with Crippen LogP contribution in [0.3, 0.4) is 0 Å². The van der Waals surface area contributed by atoms with Crippen LogP contribution in [0.4, 0.5) is 4.79 Å². The summed E-state index contributed by atoms with van der Waals surface area (Å²) in [6, 6.07) is 14.8. The molecule has 0 radical (unpaired) electrons. The van der Waals surface area contributed by atoms with E-state index in [-0.39, 0.29) is 17.6 Å². The van der Waals surface area contributed by atoms with Gasteiger partial charge in [-0.2, -0.15) is 0 Å². The van der Waals surface area contributed by atoms with Gasteiger partial charge in [0.05, 0.1) is 0 Å². The summed E-state index contributed by atoms with van der Waals surface area (Å²) in [5.74, 6) is -0.302. The molecule has 1 heterocycles. The predicted octanol–water partition coefficient (Wildman–Crippen LogP) is 3.18. The summed E-state index contributed by atoms with van der Waals surface area (Å²) in [4.78, 5) is 40.5. The van der Waals surface area contributed by atoms with E-state index in [4.69, 9.17) is 4.74 Å². The first-order chi connectivity index (χ1) is 16.6. The summed E-state index contributed by atoms with van der Waals surface area (Å²) in [5, 5.41) is 15.1. The van der Waals surface area contributed by atoms with Crippen molar-refractivity contribution >= 4 is 17.9 Å². The number of nitrogens with one attached hydrogen (secondary N) is 2. The molecule has 188 valence electrons. The van der Waals surface area contributed by atoms with Crippen molar-refractivity contribution in [3.05, 3.63) is 65.7 Å². The van der Waals surface area contributed by atoms with E-state index in [9.17, 15) is 19.5 Å². The number of hydrogen-bond donors (Lipinski definition) is 3. The van der Waals surface area contributed by atoms with Gasteiger partial charge in [-0.15, -0.1) is 0 Å². The number of likely N-dealkylation sites (tertiary alicyclic amines) is 1. The van der Waals surface area contributed by atoms with Gasteiger partial charge in [0.25, 0.3) is 0 Å². The van der Waals surface area contributed by atoms with Gasteiger partial charge < -0.3 is 25.4 Å². The highest BCUT2D eigenvalue weighted by Crippen LogP contribution is 2.20. The minimum Gasteiger partial charge on any atom is -0.508 e. The second-order valence-electron chi connectivity index (χ2n) is 9.79. The summed E-state index contributed by atoms with van der Waals surface area (Å²) in [7, 11) is 0. The molecule has 0 saturated carbocycles. The Bertz CT molecular complexity index is 1000.